The zero-order chi connectivity index (χ0) is 16.1. The maximum absolute atomic E-state index is 12.3. The van der Waals surface area contributed by atoms with E-state index in [-0.39, 0.29) is 5.91 Å². The molecule has 1 aliphatic heterocycles. The van der Waals surface area contributed by atoms with Crippen LogP contribution in [0.15, 0.2) is 54.6 Å². The molecule has 0 spiro atoms. The van der Waals surface area contributed by atoms with Gasteiger partial charge in [-0.15, -0.1) is 0 Å². The van der Waals surface area contributed by atoms with Crippen molar-refractivity contribution in [2.45, 2.75) is 0 Å². The van der Waals surface area contributed by atoms with Crippen LogP contribution in [0.4, 0.5) is 0 Å². The van der Waals surface area contributed by atoms with E-state index in [9.17, 15) is 4.79 Å². The zero-order valence-electron chi connectivity index (χ0n) is 13.3. The average Bonchev–Trinajstić information content (AvgIpc) is 2.58. The van der Waals surface area contributed by atoms with Crippen molar-refractivity contribution in [2.75, 3.05) is 33.2 Å². The van der Waals surface area contributed by atoms with Gasteiger partial charge < -0.3 is 14.5 Å². The van der Waals surface area contributed by atoms with Gasteiger partial charge in [0.2, 0.25) is 5.91 Å². The summed E-state index contributed by atoms with van der Waals surface area (Å²) in [4.78, 5) is 16.4. The molecule has 23 heavy (non-hydrogen) atoms. The summed E-state index contributed by atoms with van der Waals surface area (Å²) in [5, 5.41) is 0. The maximum Gasteiger partial charge on any atom is 0.231 e. The van der Waals surface area contributed by atoms with Gasteiger partial charge in [0, 0.05) is 26.2 Å². The number of carbonyl (C=O) groups is 1. The van der Waals surface area contributed by atoms with Crippen molar-refractivity contribution in [3.8, 4) is 11.5 Å². The van der Waals surface area contributed by atoms with Crippen LogP contribution in [0, 0.1) is 6.42 Å². The summed E-state index contributed by atoms with van der Waals surface area (Å²) < 4.78 is 5.75. The lowest BCUT2D eigenvalue weighted by molar-refractivity contribution is -0.128. The molecule has 2 aromatic rings. The van der Waals surface area contributed by atoms with Gasteiger partial charge in [0.1, 0.15) is 11.5 Å². The van der Waals surface area contributed by atoms with Crippen LogP contribution < -0.4 is 4.74 Å². The fourth-order valence-electron chi connectivity index (χ4n) is 2.52. The lowest BCUT2D eigenvalue weighted by Crippen LogP contribution is -2.47. The minimum Gasteiger partial charge on any atom is -0.457 e. The molecule has 0 atom stereocenters. The molecule has 1 radical (unpaired) electrons. The summed E-state index contributed by atoms with van der Waals surface area (Å²) >= 11 is 0. The van der Waals surface area contributed by atoms with Crippen molar-refractivity contribution >= 4 is 5.91 Å². The highest BCUT2D eigenvalue weighted by molar-refractivity contribution is 5.88. The molecule has 0 unspecified atom stereocenters. The molecule has 0 N–H and O–H groups in total. The van der Waals surface area contributed by atoms with E-state index in [4.69, 9.17) is 4.74 Å². The molecule has 3 rings (SSSR count). The van der Waals surface area contributed by atoms with Gasteiger partial charge in [-0.25, -0.2) is 0 Å². The van der Waals surface area contributed by atoms with Crippen molar-refractivity contribution in [1.82, 2.24) is 9.80 Å². The highest BCUT2D eigenvalue weighted by Gasteiger charge is 2.19. The molecule has 0 aromatic heterocycles. The van der Waals surface area contributed by atoms with E-state index >= 15 is 0 Å². The summed E-state index contributed by atoms with van der Waals surface area (Å²) in [7, 11) is 2.08. The van der Waals surface area contributed by atoms with E-state index in [0.717, 1.165) is 43.2 Å². The number of hydrogen-bond donors (Lipinski definition) is 0. The third-order valence-corrected chi connectivity index (χ3v) is 3.96. The predicted octanol–water partition coefficient (Wildman–Crippen LogP) is 2.81. The third-order valence-electron chi connectivity index (χ3n) is 3.96. The molecule has 0 bridgehead atoms. The summed E-state index contributed by atoms with van der Waals surface area (Å²) in [6.45, 7) is 3.45. The molecule has 1 aliphatic rings. The normalized spacial score (nSPS) is 15.4. The standard InChI is InChI=1S/C19H21N2O2/c1-20-11-13-21(14-12-20)19(22)15-16-7-9-18(10-8-16)23-17-5-3-2-4-6-17/h2-10,15H,11-14H2,1H3. The van der Waals surface area contributed by atoms with Gasteiger partial charge in [0.25, 0.3) is 0 Å². The van der Waals surface area contributed by atoms with E-state index in [1.54, 1.807) is 6.42 Å². The van der Waals surface area contributed by atoms with Gasteiger partial charge in [0.05, 0.1) is 6.42 Å². The zero-order valence-corrected chi connectivity index (χ0v) is 13.3. The fraction of sp³-hybridized carbons (Fsp3) is 0.263. The van der Waals surface area contributed by atoms with Gasteiger partial charge >= 0.3 is 0 Å². The molecule has 1 amide bonds. The van der Waals surface area contributed by atoms with Crippen LogP contribution in [0.1, 0.15) is 5.56 Å². The minimum absolute atomic E-state index is 0.0785. The average molecular weight is 309 g/mol. The fourth-order valence-corrected chi connectivity index (χ4v) is 2.52. The minimum atomic E-state index is 0.0785. The summed E-state index contributed by atoms with van der Waals surface area (Å²) in [5.74, 6) is 1.65. The number of nitrogens with zero attached hydrogens (tertiary/aromatic N) is 2. The molecule has 2 aromatic carbocycles. The Labute approximate surface area is 137 Å². The van der Waals surface area contributed by atoms with E-state index in [2.05, 4.69) is 11.9 Å². The molecule has 4 nitrogen and oxygen atoms in total. The number of benzene rings is 2. The first-order valence-corrected chi connectivity index (χ1v) is 7.86. The topological polar surface area (TPSA) is 32.8 Å². The SMILES string of the molecule is CN1CCN(C(=O)[CH]c2ccc(Oc3ccccc3)cc2)CC1. The van der Waals surface area contributed by atoms with Gasteiger partial charge in [-0.1, -0.05) is 30.3 Å². The molecule has 4 heteroatoms. The Morgan fingerprint density at radius 1 is 0.913 bits per heavy atom. The van der Waals surface area contributed by atoms with E-state index < -0.39 is 0 Å². The van der Waals surface area contributed by atoms with Crippen molar-refractivity contribution in [3.05, 3.63) is 66.6 Å². The molecule has 119 valence electrons. The van der Waals surface area contributed by atoms with Crippen LogP contribution >= 0.6 is 0 Å². The highest BCUT2D eigenvalue weighted by Crippen LogP contribution is 2.21. The van der Waals surface area contributed by atoms with Crippen LogP contribution in [0.3, 0.4) is 0 Å². The number of rotatable bonds is 4. The smallest absolute Gasteiger partial charge is 0.231 e. The molecular formula is C19H21N2O2. The number of amides is 1. The van der Waals surface area contributed by atoms with Gasteiger partial charge in [0.15, 0.2) is 0 Å². The van der Waals surface area contributed by atoms with Crippen molar-refractivity contribution < 1.29 is 9.53 Å². The van der Waals surface area contributed by atoms with Crippen LogP contribution in [0.2, 0.25) is 0 Å². The van der Waals surface area contributed by atoms with Crippen molar-refractivity contribution in [3.63, 3.8) is 0 Å². The second kappa shape index (κ2) is 7.29. The van der Waals surface area contributed by atoms with Gasteiger partial charge in [-0.2, -0.15) is 0 Å². The van der Waals surface area contributed by atoms with Gasteiger partial charge in [-0.3, -0.25) is 4.79 Å². The third kappa shape index (κ3) is 4.33. The number of piperazine rings is 1. The van der Waals surface area contributed by atoms with Crippen molar-refractivity contribution in [2.24, 2.45) is 0 Å². The van der Waals surface area contributed by atoms with Crippen LogP contribution in [-0.2, 0) is 4.79 Å². The quantitative estimate of drug-likeness (QED) is 0.870. The molecular weight excluding hydrogens is 288 g/mol. The monoisotopic (exact) mass is 309 g/mol. The Kier molecular flexibility index (Phi) is 4.93. The molecule has 1 fully saturated rings. The number of hydrogen-bond acceptors (Lipinski definition) is 3. The second-order valence-electron chi connectivity index (χ2n) is 5.76. The Bertz CT molecular complexity index is 632. The number of ether oxygens (including phenoxy) is 1. The molecule has 1 saturated heterocycles. The summed E-state index contributed by atoms with van der Waals surface area (Å²) in [6.07, 6.45) is 1.69. The Balaban J connectivity index is 1.56. The van der Waals surface area contributed by atoms with E-state index in [1.165, 1.54) is 0 Å². The van der Waals surface area contributed by atoms with E-state index in [0.29, 0.717) is 0 Å². The first-order chi connectivity index (χ1) is 11.2. The second-order valence-corrected chi connectivity index (χ2v) is 5.76. The number of carbonyl (C=O) groups excluding carboxylic acids is 1. The Hall–Kier alpha value is -2.33. The van der Waals surface area contributed by atoms with Gasteiger partial charge in [-0.05, 0) is 36.9 Å². The Morgan fingerprint density at radius 2 is 1.52 bits per heavy atom. The number of likely N-dealkylation sites (N-methyl/N-ethyl adjacent to an activating group) is 1. The maximum atomic E-state index is 12.3. The van der Waals surface area contributed by atoms with Crippen LogP contribution in [0.25, 0.3) is 0 Å². The predicted molar refractivity (Wildman–Crippen MR) is 90.4 cm³/mol. The first kappa shape index (κ1) is 15.6. The lowest BCUT2D eigenvalue weighted by atomic mass is 10.1. The molecule has 0 aliphatic carbocycles. The van der Waals surface area contributed by atoms with E-state index in [1.807, 2.05) is 59.5 Å². The molecule has 0 saturated carbocycles. The Morgan fingerprint density at radius 3 is 2.17 bits per heavy atom. The summed E-state index contributed by atoms with van der Waals surface area (Å²) in [6, 6.07) is 17.2. The van der Waals surface area contributed by atoms with Crippen LogP contribution in [0.5, 0.6) is 11.5 Å². The highest BCUT2D eigenvalue weighted by atomic mass is 16.5. The van der Waals surface area contributed by atoms with Crippen LogP contribution in [-0.4, -0.2) is 48.9 Å². The molecule has 1 heterocycles. The lowest BCUT2D eigenvalue weighted by Gasteiger charge is -2.32. The first-order valence-electron chi connectivity index (χ1n) is 7.86. The summed E-state index contributed by atoms with van der Waals surface area (Å²) in [5.41, 5.74) is 0.898. The largest absolute Gasteiger partial charge is 0.457 e. The van der Waals surface area contributed by atoms with Crippen molar-refractivity contribution in [1.29, 1.82) is 0 Å². The number of para-hydroxylation sites is 1.